The number of carbonyl (C=O) groups is 1. The Morgan fingerprint density at radius 1 is 1.43 bits per heavy atom. The van der Waals surface area contributed by atoms with E-state index in [4.69, 9.17) is 23.2 Å². The summed E-state index contributed by atoms with van der Waals surface area (Å²) in [6.07, 6.45) is 0. The summed E-state index contributed by atoms with van der Waals surface area (Å²) in [5.74, 6) is -0.767. The van der Waals surface area contributed by atoms with E-state index in [1.807, 2.05) is 0 Å². The lowest BCUT2D eigenvalue weighted by molar-refractivity contribution is -0.385. The largest absolute Gasteiger partial charge is 0.322 e. The van der Waals surface area contributed by atoms with E-state index in [1.165, 1.54) is 13.0 Å². The van der Waals surface area contributed by atoms with Gasteiger partial charge in [0.25, 0.3) is 5.91 Å². The maximum absolute atomic E-state index is 11.9. The number of aromatic amines is 1. The number of hydrogen-bond donors (Lipinski definition) is 3. The van der Waals surface area contributed by atoms with E-state index in [0.717, 1.165) is 0 Å². The highest BCUT2D eigenvalue weighted by Crippen LogP contribution is 2.25. The lowest BCUT2D eigenvalue weighted by Gasteiger charge is -2.08. The summed E-state index contributed by atoms with van der Waals surface area (Å²) < 4.78 is 0. The summed E-state index contributed by atoms with van der Waals surface area (Å²) >= 11 is 11.7. The van der Waals surface area contributed by atoms with Gasteiger partial charge in [-0.1, -0.05) is 23.2 Å². The molecular formula is C11H9Cl2N5O3. The van der Waals surface area contributed by atoms with Crippen LogP contribution in [0.4, 0.5) is 11.4 Å². The highest BCUT2D eigenvalue weighted by Gasteiger charge is 2.27. The van der Waals surface area contributed by atoms with Crippen molar-refractivity contribution in [3.8, 4) is 0 Å². The predicted molar refractivity (Wildman–Crippen MR) is 77.5 cm³/mol. The normalized spacial score (nSPS) is 10.2. The van der Waals surface area contributed by atoms with Crippen LogP contribution in [0.3, 0.4) is 0 Å². The van der Waals surface area contributed by atoms with E-state index in [1.54, 1.807) is 12.1 Å². The molecule has 110 valence electrons. The molecule has 8 nitrogen and oxygen atoms in total. The molecule has 0 radical (unpaired) electrons. The molecule has 1 heterocycles. The first-order valence-electron chi connectivity index (χ1n) is 5.61. The highest BCUT2D eigenvalue weighted by atomic mass is 35.5. The number of carbonyl (C=O) groups excluding carboxylic acids is 1. The summed E-state index contributed by atoms with van der Waals surface area (Å²) in [6, 6.07) is 4.61. The number of aryl methyl sites for hydroxylation is 1. The van der Waals surface area contributed by atoms with Crippen molar-refractivity contribution in [3.63, 3.8) is 0 Å². The van der Waals surface area contributed by atoms with Crippen LogP contribution in [0.1, 0.15) is 16.2 Å². The van der Waals surface area contributed by atoms with Crippen LogP contribution in [0, 0.1) is 17.0 Å². The fourth-order valence-electron chi connectivity index (χ4n) is 1.58. The molecular weight excluding hydrogens is 321 g/mol. The second-order valence-corrected chi connectivity index (χ2v) is 4.85. The van der Waals surface area contributed by atoms with Crippen molar-refractivity contribution in [2.75, 3.05) is 5.43 Å². The molecule has 0 spiro atoms. The second kappa shape index (κ2) is 5.98. The fraction of sp³-hybridized carbons (Fsp3) is 0.0909. The van der Waals surface area contributed by atoms with Crippen LogP contribution in [0.2, 0.25) is 10.0 Å². The van der Waals surface area contributed by atoms with Gasteiger partial charge in [0.15, 0.2) is 0 Å². The van der Waals surface area contributed by atoms with Crippen LogP contribution in [0.5, 0.6) is 0 Å². The summed E-state index contributed by atoms with van der Waals surface area (Å²) in [5.41, 5.74) is 4.71. The molecule has 10 heteroatoms. The number of amides is 1. The third kappa shape index (κ3) is 3.23. The molecule has 3 N–H and O–H groups in total. The minimum Gasteiger partial charge on any atom is -0.297 e. The number of nitrogens with zero attached hydrogens (tertiary/aromatic N) is 2. The van der Waals surface area contributed by atoms with E-state index in [-0.39, 0.29) is 22.1 Å². The standard InChI is InChI=1S/C11H9Cl2N5O3/c1-5-10(18(20)21)9(16-14-5)11(19)17-15-8-3-2-6(12)4-7(8)13/h2-4,15H,1H3,(H,14,16)(H,17,19). The predicted octanol–water partition coefficient (Wildman–Crippen LogP) is 2.69. The molecule has 0 aliphatic heterocycles. The number of nitro groups is 1. The van der Waals surface area contributed by atoms with Gasteiger partial charge in [-0.05, 0) is 25.1 Å². The molecule has 2 rings (SSSR count). The maximum Gasteiger partial charge on any atom is 0.322 e. The van der Waals surface area contributed by atoms with Crippen LogP contribution in [0.25, 0.3) is 0 Å². The van der Waals surface area contributed by atoms with Crippen molar-refractivity contribution < 1.29 is 9.72 Å². The van der Waals surface area contributed by atoms with Crippen molar-refractivity contribution >= 4 is 40.5 Å². The van der Waals surface area contributed by atoms with Crippen molar-refractivity contribution in [2.45, 2.75) is 6.92 Å². The molecule has 0 unspecified atom stereocenters. The molecule has 0 fully saturated rings. The molecule has 0 aliphatic rings. The Hall–Kier alpha value is -2.32. The van der Waals surface area contributed by atoms with E-state index >= 15 is 0 Å². The molecule has 0 atom stereocenters. The molecule has 0 saturated carbocycles. The van der Waals surface area contributed by atoms with Crippen LogP contribution in [0.15, 0.2) is 18.2 Å². The fourth-order valence-corrected chi connectivity index (χ4v) is 2.03. The van der Waals surface area contributed by atoms with Gasteiger partial charge >= 0.3 is 5.69 Å². The molecule has 0 saturated heterocycles. The van der Waals surface area contributed by atoms with Gasteiger partial charge in [0.2, 0.25) is 5.69 Å². The minimum absolute atomic E-state index is 0.190. The molecule has 2 aromatic rings. The van der Waals surface area contributed by atoms with E-state index in [9.17, 15) is 14.9 Å². The average molecular weight is 330 g/mol. The zero-order valence-electron chi connectivity index (χ0n) is 10.6. The number of rotatable bonds is 4. The quantitative estimate of drug-likeness (QED) is 0.589. The first-order chi connectivity index (χ1) is 9.90. The summed E-state index contributed by atoms with van der Waals surface area (Å²) in [5, 5.41) is 17.6. The minimum atomic E-state index is -0.767. The zero-order chi connectivity index (χ0) is 15.6. The Balaban J connectivity index is 2.14. The Morgan fingerprint density at radius 3 is 2.76 bits per heavy atom. The molecule has 0 bridgehead atoms. The maximum atomic E-state index is 11.9. The van der Waals surface area contributed by atoms with Crippen LogP contribution < -0.4 is 10.9 Å². The molecule has 1 aromatic heterocycles. The van der Waals surface area contributed by atoms with E-state index in [2.05, 4.69) is 21.0 Å². The summed E-state index contributed by atoms with van der Waals surface area (Å²) in [7, 11) is 0. The van der Waals surface area contributed by atoms with Crippen molar-refractivity contribution in [2.24, 2.45) is 0 Å². The number of aromatic nitrogens is 2. The summed E-state index contributed by atoms with van der Waals surface area (Å²) in [4.78, 5) is 22.1. The third-order valence-corrected chi connectivity index (χ3v) is 3.10. The van der Waals surface area contributed by atoms with Crippen molar-refractivity contribution in [3.05, 3.63) is 49.7 Å². The van der Waals surface area contributed by atoms with Crippen LogP contribution >= 0.6 is 23.2 Å². The van der Waals surface area contributed by atoms with Crippen molar-refractivity contribution in [1.82, 2.24) is 15.6 Å². The number of benzene rings is 1. The first-order valence-corrected chi connectivity index (χ1v) is 6.36. The van der Waals surface area contributed by atoms with Gasteiger partial charge in [-0.15, -0.1) is 0 Å². The van der Waals surface area contributed by atoms with Gasteiger partial charge in [-0.25, -0.2) is 0 Å². The van der Waals surface area contributed by atoms with Gasteiger partial charge in [0.05, 0.1) is 15.6 Å². The Kier molecular flexibility index (Phi) is 4.29. The van der Waals surface area contributed by atoms with Gasteiger partial charge in [-0.3, -0.25) is 30.9 Å². The van der Waals surface area contributed by atoms with Crippen LogP contribution in [-0.4, -0.2) is 21.0 Å². The SMILES string of the molecule is Cc1[nH]nc(C(=O)NNc2ccc(Cl)cc2Cl)c1[N+](=O)[O-]. The topological polar surface area (TPSA) is 113 Å². The Morgan fingerprint density at radius 2 is 2.14 bits per heavy atom. The number of hydrogen-bond acceptors (Lipinski definition) is 5. The smallest absolute Gasteiger partial charge is 0.297 e. The molecule has 0 aliphatic carbocycles. The first kappa shape index (κ1) is 15.1. The van der Waals surface area contributed by atoms with Gasteiger partial charge in [0.1, 0.15) is 5.69 Å². The number of hydrazine groups is 1. The highest BCUT2D eigenvalue weighted by molar-refractivity contribution is 6.36. The van der Waals surface area contributed by atoms with Gasteiger partial charge < -0.3 is 0 Å². The number of anilines is 1. The summed E-state index contributed by atoms with van der Waals surface area (Å²) in [6.45, 7) is 1.45. The molecule has 1 amide bonds. The second-order valence-electron chi connectivity index (χ2n) is 4.01. The third-order valence-electron chi connectivity index (χ3n) is 2.55. The average Bonchev–Trinajstić information content (AvgIpc) is 2.79. The monoisotopic (exact) mass is 329 g/mol. The van der Waals surface area contributed by atoms with Gasteiger partial charge in [-0.2, -0.15) is 5.10 Å². The molecule has 21 heavy (non-hydrogen) atoms. The van der Waals surface area contributed by atoms with E-state index < -0.39 is 10.8 Å². The van der Waals surface area contributed by atoms with Crippen molar-refractivity contribution in [1.29, 1.82) is 0 Å². The lowest BCUT2D eigenvalue weighted by atomic mass is 10.3. The number of H-pyrrole nitrogens is 1. The zero-order valence-corrected chi connectivity index (χ0v) is 12.1. The molecule has 1 aromatic carbocycles. The van der Waals surface area contributed by atoms with E-state index in [0.29, 0.717) is 10.7 Å². The Labute approximate surface area is 128 Å². The Bertz CT molecular complexity index is 716. The lowest BCUT2D eigenvalue weighted by Crippen LogP contribution is -2.30. The number of halogens is 2. The van der Waals surface area contributed by atoms with Gasteiger partial charge in [0, 0.05) is 5.02 Å². The van der Waals surface area contributed by atoms with Crippen LogP contribution in [-0.2, 0) is 0 Å². The number of nitrogens with one attached hydrogen (secondary N) is 3.